The summed E-state index contributed by atoms with van der Waals surface area (Å²) >= 11 is 1.43. The van der Waals surface area contributed by atoms with E-state index in [4.69, 9.17) is 4.74 Å². The molecule has 0 spiro atoms. The first-order valence-electron chi connectivity index (χ1n) is 8.53. The largest absolute Gasteiger partial charge is 0.379 e. The van der Waals surface area contributed by atoms with Gasteiger partial charge in [0, 0.05) is 24.1 Å². The molecule has 2 aromatic carbocycles. The summed E-state index contributed by atoms with van der Waals surface area (Å²) in [6, 6.07) is 15.4. The minimum Gasteiger partial charge on any atom is -0.379 e. The molecule has 132 valence electrons. The third kappa shape index (κ3) is 5.29. The van der Waals surface area contributed by atoms with Gasteiger partial charge in [-0.3, -0.25) is 15.0 Å². The van der Waals surface area contributed by atoms with Gasteiger partial charge in [-0.05, 0) is 43.1 Å². The van der Waals surface area contributed by atoms with E-state index in [1.807, 2.05) is 42.5 Å². The summed E-state index contributed by atoms with van der Waals surface area (Å²) in [5.74, 6) is 0. The summed E-state index contributed by atoms with van der Waals surface area (Å²) in [4.78, 5) is 15.3. The second-order valence-corrected chi connectivity index (χ2v) is 7.15. The van der Waals surface area contributed by atoms with Crippen LogP contribution in [0, 0.1) is 10.1 Å². The zero-order valence-electron chi connectivity index (χ0n) is 14.1. The zero-order chi connectivity index (χ0) is 17.5. The number of hydrogen-bond acceptors (Lipinski definition) is 5. The molecule has 3 rings (SSSR count). The summed E-state index contributed by atoms with van der Waals surface area (Å²) in [7, 11) is 0. The van der Waals surface area contributed by atoms with Gasteiger partial charge in [-0.25, -0.2) is 0 Å². The Balaban J connectivity index is 1.63. The van der Waals surface area contributed by atoms with Crippen molar-refractivity contribution in [2.45, 2.75) is 22.6 Å². The first-order valence-corrected chi connectivity index (χ1v) is 9.34. The fourth-order valence-corrected chi connectivity index (χ4v) is 3.82. The average Bonchev–Trinajstić information content (AvgIpc) is 2.64. The lowest BCUT2D eigenvalue weighted by atomic mass is 10.1. The first-order chi connectivity index (χ1) is 12.2. The molecule has 1 saturated heterocycles. The summed E-state index contributed by atoms with van der Waals surface area (Å²) in [6.07, 6.45) is 1.86. The maximum absolute atomic E-state index is 11.5. The predicted molar refractivity (Wildman–Crippen MR) is 99.2 cm³/mol. The lowest BCUT2D eigenvalue weighted by Gasteiger charge is -2.26. The van der Waals surface area contributed by atoms with E-state index < -0.39 is 0 Å². The highest BCUT2D eigenvalue weighted by Crippen LogP contribution is 2.35. The van der Waals surface area contributed by atoms with E-state index in [-0.39, 0.29) is 10.6 Å². The van der Waals surface area contributed by atoms with E-state index in [1.54, 1.807) is 6.07 Å². The minimum atomic E-state index is -0.281. The Morgan fingerprint density at radius 2 is 1.88 bits per heavy atom. The van der Waals surface area contributed by atoms with Crippen molar-refractivity contribution in [2.75, 3.05) is 32.8 Å². The third-order valence-electron chi connectivity index (χ3n) is 4.23. The lowest BCUT2D eigenvalue weighted by molar-refractivity contribution is -0.387. The highest BCUT2D eigenvalue weighted by atomic mass is 32.2. The van der Waals surface area contributed by atoms with Gasteiger partial charge < -0.3 is 4.74 Å². The highest BCUT2D eigenvalue weighted by molar-refractivity contribution is 7.99. The molecule has 0 unspecified atom stereocenters. The van der Waals surface area contributed by atoms with Gasteiger partial charge in [0.1, 0.15) is 0 Å². The van der Waals surface area contributed by atoms with Gasteiger partial charge in [0.25, 0.3) is 5.69 Å². The Hall–Kier alpha value is -1.89. The van der Waals surface area contributed by atoms with Crippen molar-refractivity contribution in [2.24, 2.45) is 0 Å². The summed E-state index contributed by atoms with van der Waals surface area (Å²) in [5, 5.41) is 11.5. The van der Waals surface area contributed by atoms with Crippen LogP contribution in [-0.2, 0) is 11.2 Å². The van der Waals surface area contributed by atoms with Crippen LogP contribution in [0.3, 0.4) is 0 Å². The SMILES string of the molecule is O=[N+]([O-])c1cc(CCCN2CCOCC2)ccc1Sc1ccccc1. The molecule has 1 heterocycles. The maximum atomic E-state index is 11.5. The van der Waals surface area contributed by atoms with E-state index in [1.165, 1.54) is 11.8 Å². The highest BCUT2D eigenvalue weighted by Gasteiger charge is 2.16. The van der Waals surface area contributed by atoms with Crippen LogP contribution < -0.4 is 0 Å². The van der Waals surface area contributed by atoms with Crippen molar-refractivity contribution in [3.8, 4) is 0 Å². The molecular weight excluding hydrogens is 336 g/mol. The van der Waals surface area contributed by atoms with E-state index in [2.05, 4.69) is 4.90 Å². The fourth-order valence-electron chi connectivity index (χ4n) is 2.89. The van der Waals surface area contributed by atoms with Gasteiger partial charge in [-0.1, -0.05) is 36.0 Å². The van der Waals surface area contributed by atoms with E-state index in [0.717, 1.165) is 56.1 Å². The van der Waals surface area contributed by atoms with Crippen LogP contribution in [-0.4, -0.2) is 42.7 Å². The van der Waals surface area contributed by atoms with Crippen molar-refractivity contribution in [3.63, 3.8) is 0 Å². The van der Waals surface area contributed by atoms with E-state index in [9.17, 15) is 10.1 Å². The first kappa shape index (κ1) is 17.9. The van der Waals surface area contributed by atoms with Gasteiger partial charge in [-0.15, -0.1) is 0 Å². The number of aryl methyl sites for hydroxylation is 1. The number of hydrogen-bond donors (Lipinski definition) is 0. The van der Waals surface area contributed by atoms with Gasteiger partial charge in [-0.2, -0.15) is 0 Å². The number of morpholine rings is 1. The predicted octanol–water partition coefficient (Wildman–Crippen LogP) is 4.01. The monoisotopic (exact) mass is 358 g/mol. The second-order valence-electron chi connectivity index (χ2n) is 6.03. The molecule has 1 aliphatic heterocycles. The van der Waals surface area contributed by atoms with Crippen molar-refractivity contribution in [1.29, 1.82) is 0 Å². The van der Waals surface area contributed by atoms with E-state index in [0.29, 0.717) is 4.90 Å². The molecule has 5 nitrogen and oxygen atoms in total. The van der Waals surface area contributed by atoms with Crippen molar-refractivity contribution >= 4 is 17.4 Å². The van der Waals surface area contributed by atoms with Crippen LogP contribution in [0.25, 0.3) is 0 Å². The van der Waals surface area contributed by atoms with Gasteiger partial charge >= 0.3 is 0 Å². The molecule has 2 aromatic rings. The Labute approximate surface area is 152 Å². The Morgan fingerprint density at radius 3 is 2.60 bits per heavy atom. The average molecular weight is 358 g/mol. The van der Waals surface area contributed by atoms with Crippen molar-refractivity contribution < 1.29 is 9.66 Å². The summed E-state index contributed by atoms with van der Waals surface area (Å²) in [5.41, 5.74) is 1.22. The van der Waals surface area contributed by atoms with Crippen LogP contribution in [0.15, 0.2) is 58.3 Å². The second kappa shape index (κ2) is 8.99. The zero-order valence-corrected chi connectivity index (χ0v) is 14.9. The number of benzene rings is 2. The Morgan fingerprint density at radius 1 is 1.12 bits per heavy atom. The molecule has 1 aliphatic rings. The Bertz CT molecular complexity index is 703. The summed E-state index contributed by atoms with van der Waals surface area (Å²) < 4.78 is 5.35. The molecule has 0 amide bonds. The van der Waals surface area contributed by atoms with Gasteiger partial charge in [0.05, 0.1) is 23.0 Å². The number of nitro groups is 1. The van der Waals surface area contributed by atoms with Crippen LogP contribution >= 0.6 is 11.8 Å². The summed E-state index contributed by atoms with van der Waals surface area (Å²) in [6.45, 7) is 4.57. The topological polar surface area (TPSA) is 55.6 Å². The molecule has 0 atom stereocenters. The molecule has 25 heavy (non-hydrogen) atoms. The number of nitrogens with zero attached hydrogens (tertiary/aromatic N) is 2. The van der Waals surface area contributed by atoms with Crippen LogP contribution in [0.2, 0.25) is 0 Å². The number of nitro benzene ring substituents is 1. The van der Waals surface area contributed by atoms with Crippen molar-refractivity contribution in [3.05, 3.63) is 64.2 Å². The maximum Gasteiger partial charge on any atom is 0.283 e. The molecule has 0 aromatic heterocycles. The van der Waals surface area contributed by atoms with Gasteiger partial charge in [0.15, 0.2) is 0 Å². The molecule has 0 aliphatic carbocycles. The molecule has 0 radical (unpaired) electrons. The molecule has 0 N–H and O–H groups in total. The van der Waals surface area contributed by atoms with Crippen LogP contribution in [0.1, 0.15) is 12.0 Å². The Kier molecular flexibility index (Phi) is 6.44. The smallest absolute Gasteiger partial charge is 0.283 e. The molecular formula is C19H22N2O3S. The number of rotatable bonds is 7. The number of ether oxygens (including phenoxy) is 1. The molecule has 0 saturated carbocycles. The molecule has 6 heteroatoms. The van der Waals surface area contributed by atoms with E-state index >= 15 is 0 Å². The van der Waals surface area contributed by atoms with Crippen molar-refractivity contribution in [1.82, 2.24) is 4.90 Å². The lowest BCUT2D eigenvalue weighted by Crippen LogP contribution is -2.36. The normalized spacial score (nSPS) is 15.2. The third-order valence-corrected chi connectivity index (χ3v) is 5.31. The molecule has 0 bridgehead atoms. The standard InChI is InChI=1S/C19H22N2O3S/c22-21(23)18-15-16(5-4-10-20-11-13-24-14-12-20)8-9-19(18)25-17-6-2-1-3-7-17/h1-3,6-9,15H,4-5,10-14H2. The fraction of sp³-hybridized carbons (Fsp3) is 0.368. The van der Waals surface area contributed by atoms with Gasteiger partial charge in [0.2, 0.25) is 0 Å². The molecule has 1 fully saturated rings. The van der Waals surface area contributed by atoms with Crippen LogP contribution in [0.5, 0.6) is 0 Å². The quantitative estimate of drug-likeness (QED) is 0.553. The van der Waals surface area contributed by atoms with Crippen LogP contribution in [0.4, 0.5) is 5.69 Å². The minimum absolute atomic E-state index is 0.192.